The molecule has 0 fully saturated rings. The minimum Gasteiger partial charge on any atom is -0.456 e. The standard InChI is InChI=1S/C10H24OSi2/c1-10(2)8-9-13(6,7)11-12(3,4)5/h1,8-9H2,2-7H3. The summed E-state index contributed by atoms with van der Waals surface area (Å²) in [6.45, 7) is 17.5. The molecule has 0 radical (unpaired) electrons. The van der Waals surface area contributed by atoms with Crippen LogP contribution in [0.1, 0.15) is 13.3 Å². The van der Waals surface area contributed by atoms with Crippen molar-refractivity contribution in [2.75, 3.05) is 0 Å². The molecule has 0 aromatic heterocycles. The molecule has 0 aliphatic carbocycles. The number of hydrogen-bond acceptors (Lipinski definition) is 1. The predicted molar refractivity (Wildman–Crippen MR) is 66.2 cm³/mol. The SMILES string of the molecule is C=C(C)CC[Si](C)(C)O[Si](C)(C)C. The molecule has 78 valence electrons. The summed E-state index contributed by atoms with van der Waals surface area (Å²) in [5.41, 5.74) is 1.28. The van der Waals surface area contributed by atoms with Gasteiger partial charge in [-0.1, -0.05) is 5.57 Å². The largest absolute Gasteiger partial charge is 0.456 e. The molecule has 0 atom stereocenters. The van der Waals surface area contributed by atoms with Gasteiger partial charge in [-0.05, 0) is 52.1 Å². The molecular formula is C10H24OSi2. The normalized spacial score (nSPS) is 13.1. The summed E-state index contributed by atoms with van der Waals surface area (Å²) in [4.78, 5) is 0. The van der Waals surface area contributed by atoms with Crippen molar-refractivity contribution in [2.45, 2.75) is 52.1 Å². The van der Waals surface area contributed by atoms with Crippen molar-refractivity contribution < 1.29 is 4.12 Å². The van der Waals surface area contributed by atoms with Gasteiger partial charge < -0.3 is 4.12 Å². The van der Waals surface area contributed by atoms with Crippen LogP contribution < -0.4 is 0 Å². The smallest absolute Gasteiger partial charge is 0.173 e. The Morgan fingerprint density at radius 2 is 1.62 bits per heavy atom. The van der Waals surface area contributed by atoms with Crippen LogP contribution >= 0.6 is 0 Å². The van der Waals surface area contributed by atoms with E-state index in [1.807, 2.05) is 0 Å². The first-order valence-corrected chi connectivity index (χ1v) is 11.5. The number of hydrogen-bond donors (Lipinski definition) is 0. The van der Waals surface area contributed by atoms with E-state index in [1.165, 1.54) is 11.6 Å². The first kappa shape index (κ1) is 13.1. The Morgan fingerprint density at radius 1 is 1.15 bits per heavy atom. The third kappa shape index (κ3) is 8.46. The molecule has 0 aliphatic heterocycles. The van der Waals surface area contributed by atoms with E-state index in [9.17, 15) is 0 Å². The van der Waals surface area contributed by atoms with Gasteiger partial charge in [-0.3, -0.25) is 0 Å². The fraction of sp³-hybridized carbons (Fsp3) is 0.800. The van der Waals surface area contributed by atoms with Gasteiger partial charge in [0.1, 0.15) is 0 Å². The van der Waals surface area contributed by atoms with Crippen LogP contribution in [0.4, 0.5) is 0 Å². The molecule has 13 heavy (non-hydrogen) atoms. The highest BCUT2D eigenvalue weighted by Gasteiger charge is 2.28. The van der Waals surface area contributed by atoms with Crippen molar-refractivity contribution in [2.24, 2.45) is 0 Å². The lowest BCUT2D eigenvalue weighted by Gasteiger charge is -2.31. The third-order valence-corrected chi connectivity index (χ3v) is 7.85. The van der Waals surface area contributed by atoms with Gasteiger partial charge in [-0.15, -0.1) is 6.58 Å². The van der Waals surface area contributed by atoms with Gasteiger partial charge in [0.25, 0.3) is 0 Å². The Hall–Kier alpha value is 0.134. The molecule has 0 saturated heterocycles. The maximum Gasteiger partial charge on any atom is 0.173 e. The summed E-state index contributed by atoms with van der Waals surface area (Å²) >= 11 is 0. The first-order valence-electron chi connectivity index (χ1n) is 4.97. The topological polar surface area (TPSA) is 9.23 Å². The van der Waals surface area contributed by atoms with Crippen LogP contribution in [0.2, 0.25) is 38.8 Å². The highest BCUT2D eigenvalue weighted by Crippen LogP contribution is 2.21. The molecule has 0 spiro atoms. The van der Waals surface area contributed by atoms with Gasteiger partial charge in [0.15, 0.2) is 16.6 Å². The van der Waals surface area contributed by atoms with Crippen LogP contribution in [0.5, 0.6) is 0 Å². The van der Waals surface area contributed by atoms with Crippen LogP contribution in [0.25, 0.3) is 0 Å². The second-order valence-corrected chi connectivity index (χ2v) is 14.5. The third-order valence-electron chi connectivity index (χ3n) is 1.74. The molecule has 0 saturated carbocycles. The van der Waals surface area contributed by atoms with E-state index < -0.39 is 16.6 Å². The van der Waals surface area contributed by atoms with E-state index in [1.54, 1.807) is 0 Å². The number of rotatable bonds is 5. The zero-order valence-electron chi connectivity index (χ0n) is 10.0. The Bertz CT molecular complexity index is 180. The van der Waals surface area contributed by atoms with Crippen LogP contribution in [-0.4, -0.2) is 16.6 Å². The molecule has 0 bridgehead atoms. The molecule has 0 aromatic carbocycles. The van der Waals surface area contributed by atoms with Crippen molar-refractivity contribution in [3.05, 3.63) is 12.2 Å². The average molecular weight is 216 g/mol. The van der Waals surface area contributed by atoms with E-state index in [2.05, 4.69) is 46.2 Å². The number of allylic oxidation sites excluding steroid dienone is 1. The van der Waals surface area contributed by atoms with Crippen molar-refractivity contribution in [1.29, 1.82) is 0 Å². The Labute approximate surface area is 85.5 Å². The molecule has 0 heterocycles. The molecule has 0 N–H and O–H groups in total. The fourth-order valence-corrected chi connectivity index (χ4v) is 9.46. The van der Waals surface area contributed by atoms with Crippen LogP contribution in [-0.2, 0) is 4.12 Å². The second kappa shape index (κ2) is 4.57. The predicted octanol–water partition coefficient (Wildman–Crippen LogP) is 4.01. The summed E-state index contributed by atoms with van der Waals surface area (Å²) < 4.78 is 6.21. The second-order valence-electron chi connectivity index (χ2n) is 5.43. The summed E-state index contributed by atoms with van der Waals surface area (Å²) in [6, 6.07) is 1.21. The lowest BCUT2D eigenvalue weighted by molar-refractivity contribution is 0.547. The summed E-state index contributed by atoms with van der Waals surface area (Å²) in [5, 5.41) is 0. The van der Waals surface area contributed by atoms with Gasteiger partial charge in [0, 0.05) is 0 Å². The van der Waals surface area contributed by atoms with Gasteiger partial charge in [-0.25, -0.2) is 0 Å². The molecule has 0 unspecified atom stereocenters. The van der Waals surface area contributed by atoms with Crippen LogP contribution in [0.3, 0.4) is 0 Å². The zero-order valence-corrected chi connectivity index (χ0v) is 12.0. The highest BCUT2D eigenvalue weighted by atomic mass is 28.4. The van der Waals surface area contributed by atoms with Gasteiger partial charge in [0.05, 0.1) is 0 Å². The van der Waals surface area contributed by atoms with E-state index in [4.69, 9.17) is 4.12 Å². The fourth-order valence-electron chi connectivity index (χ4n) is 1.39. The molecule has 0 amide bonds. The highest BCUT2D eigenvalue weighted by molar-refractivity contribution is 6.84. The molecule has 0 rings (SSSR count). The van der Waals surface area contributed by atoms with Crippen LogP contribution in [0, 0.1) is 0 Å². The maximum atomic E-state index is 6.21. The minimum atomic E-state index is -1.40. The maximum absolute atomic E-state index is 6.21. The molecule has 1 nitrogen and oxygen atoms in total. The summed E-state index contributed by atoms with van der Waals surface area (Å²) in [7, 11) is -2.73. The van der Waals surface area contributed by atoms with Gasteiger partial charge >= 0.3 is 0 Å². The molecule has 0 aromatic rings. The summed E-state index contributed by atoms with van der Waals surface area (Å²) in [5.74, 6) is 0. The summed E-state index contributed by atoms with van der Waals surface area (Å²) in [6.07, 6.45) is 1.13. The van der Waals surface area contributed by atoms with E-state index >= 15 is 0 Å². The van der Waals surface area contributed by atoms with Gasteiger partial charge in [-0.2, -0.15) is 0 Å². The molecular weight excluding hydrogens is 192 g/mol. The van der Waals surface area contributed by atoms with E-state index in [0.29, 0.717) is 0 Å². The molecule has 3 heteroatoms. The van der Waals surface area contributed by atoms with E-state index in [-0.39, 0.29) is 0 Å². The lowest BCUT2D eigenvalue weighted by Crippen LogP contribution is -2.42. The lowest BCUT2D eigenvalue weighted by atomic mass is 10.3. The Balaban J connectivity index is 4.01. The van der Waals surface area contributed by atoms with Crippen LogP contribution in [0.15, 0.2) is 12.2 Å². The zero-order chi connectivity index (χ0) is 10.7. The molecule has 0 aliphatic rings. The quantitative estimate of drug-likeness (QED) is 0.498. The monoisotopic (exact) mass is 216 g/mol. The van der Waals surface area contributed by atoms with Crippen molar-refractivity contribution in [3.8, 4) is 0 Å². The van der Waals surface area contributed by atoms with Gasteiger partial charge in [0.2, 0.25) is 0 Å². The van der Waals surface area contributed by atoms with Crippen molar-refractivity contribution >= 4 is 16.6 Å². The van der Waals surface area contributed by atoms with E-state index in [0.717, 1.165) is 6.42 Å². The Kier molecular flexibility index (Phi) is 4.62. The minimum absolute atomic E-state index is 1.13. The van der Waals surface area contributed by atoms with Crippen molar-refractivity contribution in [1.82, 2.24) is 0 Å². The average Bonchev–Trinajstić information content (AvgIpc) is 1.78. The first-order chi connectivity index (χ1) is 5.62. The van der Waals surface area contributed by atoms with Crippen molar-refractivity contribution in [3.63, 3.8) is 0 Å². The Morgan fingerprint density at radius 3 is 1.92 bits per heavy atom.